The summed E-state index contributed by atoms with van der Waals surface area (Å²) in [7, 11) is 3.17. The fraction of sp³-hybridized carbons (Fsp3) is 0.462. The molecule has 1 amide bonds. The Labute approximate surface area is 101 Å². The van der Waals surface area contributed by atoms with Gasteiger partial charge < -0.3 is 14.8 Å². The minimum Gasteiger partial charge on any atom is -0.497 e. The van der Waals surface area contributed by atoms with Crippen molar-refractivity contribution in [3.05, 3.63) is 18.2 Å². The summed E-state index contributed by atoms with van der Waals surface area (Å²) >= 11 is 0. The van der Waals surface area contributed by atoms with E-state index in [9.17, 15) is 4.79 Å². The standard InChI is InChI=1S/C13H17NO3/c1-8-6-10(8)13(15)14-11-7-9(16-2)4-5-12(11)17-3/h4-5,7-8,10H,6H2,1-3H3,(H,14,15)/t8-,10-/m1/s1. The van der Waals surface area contributed by atoms with Crippen LogP contribution >= 0.6 is 0 Å². The maximum absolute atomic E-state index is 11.8. The lowest BCUT2D eigenvalue weighted by atomic mass is 10.2. The van der Waals surface area contributed by atoms with E-state index >= 15 is 0 Å². The van der Waals surface area contributed by atoms with E-state index in [0.29, 0.717) is 23.1 Å². The van der Waals surface area contributed by atoms with Crippen LogP contribution in [0.25, 0.3) is 0 Å². The smallest absolute Gasteiger partial charge is 0.227 e. The van der Waals surface area contributed by atoms with Crippen molar-refractivity contribution in [3.63, 3.8) is 0 Å². The van der Waals surface area contributed by atoms with Gasteiger partial charge in [0.1, 0.15) is 11.5 Å². The van der Waals surface area contributed by atoms with Gasteiger partial charge >= 0.3 is 0 Å². The third-order valence-corrected chi connectivity index (χ3v) is 3.11. The van der Waals surface area contributed by atoms with Gasteiger partial charge in [-0.25, -0.2) is 0 Å². The molecule has 0 heterocycles. The van der Waals surface area contributed by atoms with Crippen LogP contribution in [0, 0.1) is 11.8 Å². The number of benzene rings is 1. The Kier molecular flexibility index (Phi) is 3.22. The van der Waals surface area contributed by atoms with Gasteiger partial charge in [0.15, 0.2) is 0 Å². The summed E-state index contributed by atoms with van der Waals surface area (Å²) in [6.07, 6.45) is 0.970. The zero-order valence-electron chi connectivity index (χ0n) is 10.3. The summed E-state index contributed by atoms with van der Waals surface area (Å²) in [4.78, 5) is 11.8. The molecule has 1 aliphatic rings. The molecule has 0 spiro atoms. The van der Waals surface area contributed by atoms with Gasteiger partial charge in [0.05, 0.1) is 19.9 Å². The Morgan fingerprint density at radius 3 is 2.59 bits per heavy atom. The van der Waals surface area contributed by atoms with Gasteiger partial charge in [-0.1, -0.05) is 6.92 Å². The molecule has 0 aliphatic heterocycles. The second-order valence-electron chi connectivity index (χ2n) is 4.37. The monoisotopic (exact) mass is 235 g/mol. The lowest BCUT2D eigenvalue weighted by Gasteiger charge is -2.11. The SMILES string of the molecule is COc1ccc(OC)c(NC(=O)[C@@H]2C[C@H]2C)c1. The summed E-state index contributed by atoms with van der Waals surface area (Å²) in [5, 5.41) is 2.88. The lowest BCUT2D eigenvalue weighted by Crippen LogP contribution is -2.15. The maximum Gasteiger partial charge on any atom is 0.227 e. The number of rotatable bonds is 4. The topological polar surface area (TPSA) is 47.6 Å². The molecule has 17 heavy (non-hydrogen) atoms. The van der Waals surface area contributed by atoms with Crippen LogP contribution in [0.4, 0.5) is 5.69 Å². The quantitative estimate of drug-likeness (QED) is 0.871. The second-order valence-corrected chi connectivity index (χ2v) is 4.37. The molecule has 1 N–H and O–H groups in total. The van der Waals surface area contributed by atoms with Crippen LogP contribution in [-0.4, -0.2) is 20.1 Å². The van der Waals surface area contributed by atoms with E-state index in [1.54, 1.807) is 32.4 Å². The van der Waals surface area contributed by atoms with Gasteiger partial charge in [-0.3, -0.25) is 4.79 Å². The summed E-state index contributed by atoms with van der Waals surface area (Å²) in [6, 6.07) is 5.35. The van der Waals surface area contributed by atoms with E-state index in [1.807, 2.05) is 0 Å². The van der Waals surface area contributed by atoms with E-state index in [4.69, 9.17) is 9.47 Å². The molecule has 2 atom stereocenters. The zero-order valence-corrected chi connectivity index (χ0v) is 10.3. The van der Waals surface area contributed by atoms with Crippen LogP contribution in [0.5, 0.6) is 11.5 Å². The molecule has 1 saturated carbocycles. The maximum atomic E-state index is 11.8. The van der Waals surface area contributed by atoms with E-state index < -0.39 is 0 Å². The molecule has 0 saturated heterocycles. The highest BCUT2D eigenvalue weighted by Gasteiger charge is 2.39. The van der Waals surface area contributed by atoms with Gasteiger partial charge in [-0.05, 0) is 24.5 Å². The summed E-state index contributed by atoms with van der Waals surface area (Å²) in [6.45, 7) is 2.08. The first-order valence-corrected chi connectivity index (χ1v) is 5.68. The van der Waals surface area contributed by atoms with Crippen molar-refractivity contribution >= 4 is 11.6 Å². The molecular formula is C13H17NO3. The Morgan fingerprint density at radius 2 is 2.06 bits per heavy atom. The van der Waals surface area contributed by atoms with Crippen molar-refractivity contribution < 1.29 is 14.3 Å². The number of nitrogens with one attached hydrogen (secondary N) is 1. The molecule has 0 unspecified atom stereocenters. The van der Waals surface area contributed by atoms with Crippen LogP contribution in [-0.2, 0) is 4.79 Å². The van der Waals surface area contributed by atoms with Crippen molar-refractivity contribution in [3.8, 4) is 11.5 Å². The summed E-state index contributed by atoms with van der Waals surface area (Å²) in [5.41, 5.74) is 0.663. The first-order valence-electron chi connectivity index (χ1n) is 5.68. The van der Waals surface area contributed by atoms with Crippen LogP contribution in [0.3, 0.4) is 0 Å². The number of carbonyl (C=O) groups excluding carboxylic acids is 1. The summed E-state index contributed by atoms with van der Waals surface area (Å²) < 4.78 is 10.3. The molecule has 1 aromatic carbocycles. The Morgan fingerprint density at radius 1 is 1.35 bits per heavy atom. The lowest BCUT2D eigenvalue weighted by molar-refractivity contribution is -0.117. The number of ether oxygens (including phenoxy) is 2. The molecule has 92 valence electrons. The van der Waals surface area contributed by atoms with Crippen LogP contribution in [0.1, 0.15) is 13.3 Å². The van der Waals surface area contributed by atoms with Crippen LogP contribution < -0.4 is 14.8 Å². The van der Waals surface area contributed by atoms with Gasteiger partial charge in [0, 0.05) is 12.0 Å². The third-order valence-electron chi connectivity index (χ3n) is 3.11. The molecule has 0 radical (unpaired) electrons. The number of amides is 1. The van der Waals surface area contributed by atoms with Crippen LogP contribution in [0.15, 0.2) is 18.2 Å². The van der Waals surface area contributed by atoms with Crippen molar-refractivity contribution in [2.75, 3.05) is 19.5 Å². The highest BCUT2D eigenvalue weighted by molar-refractivity contribution is 5.95. The fourth-order valence-electron chi connectivity index (χ4n) is 1.82. The predicted molar refractivity (Wildman–Crippen MR) is 65.4 cm³/mol. The molecule has 1 fully saturated rings. The zero-order chi connectivity index (χ0) is 12.4. The number of hydrogen-bond donors (Lipinski definition) is 1. The molecule has 0 aromatic heterocycles. The minimum atomic E-state index is 0.0593. The molecule has 4 heteroatoms. The molecule has 1 aliphatic carbocycles. The number of carbonyl (C=O) groups is 1. The highest BCUT2D eigenvalue weighted by atomic mass is 16.5. The molecule has 1 aromatic rings. The van der Waals surface area contributed by atoms with Gasteiger partial charge in [0.2, 0.25) is 5.91 Å². The average Bonchev–Trinajstić information content (AvgIpc) is 3.06. The summed E-state index contributed by atoms with van der Waals surface area (Å²) in [5.74, 6) is 2.04. The second kappa shape index (κ2) is 4.65. The first-order chi connectivity index (χ1) is 8.15. The minimum absolute atomic E-state index is 0.0593. The van der Waals surface area contributed by atoms with E-state index in [2.05, 4.69) is 12.2 Å². The first kappa shape index (κ1) is 11.8. The predicted octanol–water partition coefficient (Wildman–Crippen LogP) is 2.30. The average molecular weight is 235 g/mol. The molecule has 2 rings (SSSR count). The van der Waals surface area contributed by atoms with Crippen molar-refractivity contribution in [2.45, 2.75) is 13.3 Å². The highest BCUT2D eigenvalue weighted by Crippen LogP contribution is 2.39. The van der Waals surface area contributed by atoms with Crippen molar-refractivity contribution in [1.29, 1.82) is 0 Å². The number of hydrogen-bond acceptors (Lipinski definition) is 3. The van der Waals surface area contributed by atoms with Crippen molar-refractivity contribution in [2.24, 2.45) is 11.8 Å². The van der Waals surface area contributed by atoms with Crippen LogP contribution in [0.2, 0.25) is 0 Å². The van der Waals surface area contributed by atoms with Gasteiger partial charge in [-0.15, -0.1) is 0 Å². The third kappa shape index (κ3) is 2.52. The van der Waals surface area contributed by atoms with Gasteiger partial charge in [-0.2, -0.15) is 0 Å². The van der Waals surface area contributed by atoms with E-state index in [0.717, 1.165) is 6.42 Å². The fourth-order valence-corrected chi connectivity index (χ4v) is 1.82. The Hall–Kier alpha value is -1.71. The Bertz CT molecular complexity index is 431. The van der Waals surface area contributed by atoms with Gasteiger partial charge in [0.25, 0.3) is 0 Å². The normalized spacial score (nSPS) is 21.8. The number of anilines is 1. The molecular weight excluding hydrogens is 218 g/mol. The van der Waals surface area contributed by atoms with E-state index in [-0.39, 0.29) is 11.8 Å². The largest absolute Gasteiger partial charge is 0.497 e. The van der Waals surface area contributed by atoms with Crippen molar-refractivity contribution in [1.82, 2.24) is 0 Å². The molecule has 0 bridgehead atoms. The molecule has 4 nitrogen and oxygen atoms in total. The van der Waals surface area contributed by atoms with E-state index in [1.165, 1.54) is 0 Å². The number of methoxy groups -OCH3 is 2. The Balaban J connectivity index is 2.15.